The maximum absolute atomic E-state index is 0. The second-order valence-corrected chi connectivity index (χ2v) is 0. The van der Waals surface area contributed by atoms with Crippen LogP contribution in [0.2, 0.25) is 0 Å². The summed E-state index contributed by atoms with van der Waals surface area (Å²) in [6.07, 6.45) is 0. The Morgan fingerprint density at radius 2 is 1.17 bits per heavy atom. The van der Waals surface area contributed by atoms with E-state index in [2.05, 4.69) is 0 Å². The van der Waals surface area contributed by atoms with Crippen molar-refractivity contribution in [3.63, 3.8) is 0 Å². The van der Waals surface area contributed by atoms with E-state index in [1.807, 2.05) is 0 Å². The van der Waals surface area contributed by atoms with Gasteiger partial charge in [0.05, 0.1) is 0 Å². The van der Waals surface area contributed by atoms with Crippen molar-refractivity contribution in [3.8, 4) is 0 Å². The molecule has 6 heteroatoms. The molecule has 0 saturated heterocycles. The van der Waals surface area contributed by atoms with Crippen LogP contribution in [0.5, 0.6) is 0 Å². The minimum absolute atomic E-state index is 0. The van der Waals surface area contributed by atoms with Crippen LogP contribution < -0.4 is 120 Å². The Bertz CT molecular complexity index is 22.0. The van der Waals surface area contributed by atoms with Gasteiger partial charge in [-0.15, -0.1) is 0 Å². The summed E-state index contributed by atoms with van der Waals surface area (Å²) in [5.74, 6) is 0. The fourth-order valence-electron chi connectivity index (χ4n) is 0. The monoisotopic (exact) mass is 599 g/mol. The molecule has 0 aliphatic carbocycles. The molecule has 0 heterocycles. The molecule has 0 nitrogen and oxygen atoms in total. The van der Waals surface area contributed by atoms with Crippen molar-refractivity contribution < 1.29 is 178 Å². The van der Waals surface area contributed by atoms with Crippen LogP contribution >= 0.6 is 0 Å². The van der Waals surface area contributed by atoms with E-state index in [9.17, 15) is 0 Å². The van der Waals surface area contributed by atoms with E-state index in [-0.39, 0.29) is 204 Å². The minimum atomic E-state index is 0. The van der Waals surface area contributed by atoms with E-state index < -0.39 is 0 Å². The molecular formula is H5BiCoCsFeKMo. The Balaban J connectivity index is 0. The summed E-state index contributed by atoms with van der Waals surface area (Å²) >= 11 is 0. The topological polar surface area (TPSA) is 0 Å². The van der Waals surface area contributed by atoms with Gasteiger partial charge in [0.1, 0.15) is 0 Å². The van der Waals surface area contributed by atoms with Gasteiger partial charge < -0.3 is 2.85 Å². The molecular weight excluding hydrogens is 592 g/mol. The van der Waals surface area contributed by atoms with E-state index in [1.54, 1.807) is 0 Å². The van der Waals surface area contributed by atoms with Crippen molar-refractivity contribution >= 4 is 26.2 Å². The molecule has 0 atom stereocenters. The average Bonchev–Trinajstić information content (AvgIpc) is 0. The molecule has 0 aromatic heterocycles. The zero-order valence-corrected chi connectivity index (χ0v) is 22.9. The Kier molecular flexibility index (Phi) is 199. The van der Waals surface area contributed by atoms with Crippen molar-refractivity contribution in [2.24, 2.45) is 0 Å². The van der Waals surface area contributed by atoms with Crippen LogP contribution in [0.3, 0.4) is 0 Å². The predicted octanol–water partition coefficient (Wildman–Crippen LogP) is -6.96. The van der Waals surface area contributed by atoms with Gasteiger partial charge in [-0.25, -0.2) is 0 Å². The Morgan fingerprint density at radius 1 is 1.17 bits per heavy atom. The number of hydrogen-bond acceptors (Lipinski definition) is 0. The quantitative estimate of drug-likeness (QED) is 0.244. The van der Waals surface area contributed by atoms with Gasteiger partial charge in [-0.2, -0.15) is 0 Å². The maximum Gasteiger partial charge on any atom is 1.00 e. The van der Waals surface area contributed by atoms with Gasteiger partial charge in [0.2, 0.25) is 0 Å². The molecule has 0 saturated carbocycles. The number of hydrogen-bond donors (Lipinski definition) is 0. The van der Waals surface area contributed by atoms with Gasteiger partial charge in [0.15, 0.2) is 0 Å². The van der Waals surface area contributed by atoms with Crippen LogP contribution in [0.15, 0.2) is 0 Å². The van der Waals surface area contributed by atoms with E-state index in [0.29, 0.717) is 0 Å². The second-order valence-electron chi connectivity index (χ2n) is 0. The average molecular weight is 597 g/mol. The molecule has 0 rings (SSSR count). The first-order valence-corrected chi connectivity index (χ1v) is 0. The van der Waals surface area contributed by atoms with Crippen molar-refractivity contribution in [2.45, 2.75) is 0 Å². The smallest absolute Gasteiger partial charge is 1.00 e. The normalized spacial score (nSPS) is 0. The van der Waals surface area contributed by atoms with Crippen LogP contribution in [0.1, 0.15) is 2.85 Å². The number of rotatable bonds is 0. The Labute approximate surface area is 197 Å². The van der Waals surface area contributed by atoms with E-state index in [1.165, 1.54) is 0 Å². The van der Waals surface area contributed by atoms with Crippen LogP contribution in [0, 0.1) is 0 Å². The van der Waals surface area contributed by atoms with Crippen molar-refractivity contribution in [1.82, 2.24) is 0 Å². The molecule has 0 aliphatic rings. The fraction of sp³-hybridized carbons (Fsp3) is 0. The summed E-state index contributed by atoms with van der Waals surface area (Å²) in [6, 6.07) is 0. The zero-order chi connectivity index (χ0) is 0. The zero-order valence-electron chi connectivity index (χ0n) is 5.80. The molecule has 0 unspecified atom stereocenters. The molecule has 0 bridgehead atoms. The maximum atomic E-state index is 0. The molecule has 0 spiro atoms. The van der Waals surface area contributed by atoms with Gasteiger partial charge in [0.25, 0.3) is 0 Å². The molecule has 0 aromatic rings. The van der Waals surface area contributed by atoms with Gasteiger partial charge >= 0.3 is 146 Å². The summed E-state index contributed by atoms with van der Waals surface area (Å²) in [4.78, 5) is 0. The molecule has 1 radical (unpaired) electrons. The van der Waals surface area contributed by atoms with Crippen LogP contribution in [0.25, 0.3) is 0 Å². The third-order valence-electron chi connectivity index (χ3n) is 0. The standard InChI is InChI=1S/Bi.Co.Cs.Fe.K.Mo.5H/q;;+1;;+1;;;;;2*-1. The SMILES string of the molecule is [BiH3].[Co].[Cs+].[Fe].[H-].[H-].[K+].[Mo]. The summed E-state index contributed by atoms with van der Waals surface area (Å²) in [6.45, 7) is 0. The van der Waals surface area contributed by atoms with E-state index >= 15 is 0 Å². The van der Waals surface area contributed by atoms with Gasteiger partial charge in [-0.3, -0.25) is 0 Å². The Hall–Kier alpha value is 6.29. The molecule has 0 amide bonds. The molecule has 0 N–H and O–H groups in total. The van der Waals surface area contributed by atoms with Crippen molar-refractivity contribution in [3.05, 3.63) is 0 Å². The summed E-state index contributed by atoms with van der Waals surface area (Å²) in [5.41, 5.74) is 0. The molecule has 6 heavy (non-hydrogen) atoms. The Morgan fingerprint density at radius 3 is 1.17 bits per heavy atom. The minimum Gasteiger partial charge on any atom is -1.00 e. The third-order valence-corrected chi connectivity index (χ3v) is 0. The van der Waals surface area contributed by atoms with Gasteiger partial charge in [-0.1, -0.05) is 0 Å². The third kappa shape index (κ3) is 22.4. The first kappa shape index (κ1) is 39.6. The summed E-state index contributed by atoms with van der Waals surface area (Å²) in [5, 5.41) is 0. The van der Waals surface area contributed by atoms with Crippen molar-refractivity contribution in [2.75, 3.05) is 0 Å². The predicted molar refractivity (Wildman–Crippen MR) is 12.2 cm³/mol. The van der Waals surface area contributed by atoms with E-state index in [4.69, 9.17) is 0 Å². The van der Waals surface area contributed by atoms with Crippen LogP contribution in [-0.2, 0) is 54.9 Å². The first-order valence-electron chi connectivity index (χ1n) is 0. The summed E-state index contributed by atoms with van der Waals surface area (Å²) < 4.78 is 0. The van der Waals surface area contributed by atoms with Crippen LogP contribution in [-0.4, -0.2) is 26.2 Å². The van der Waals surface area contributed by atoms with Crippen molar-refractivity contribution in [1.29, 1.82) is 0 Å². The summed E-state index contributed by atoms with van der Waals surface area (Å²) in [7, 11) is 0. The first-order chi connectivity index (χ1) is 0. The molecule has 0 aliphatic heterocycles. The van der Waals surface area contributed by atoms with Crippen LogP contribution in [0.4, 0.5) is 0 Å². The molecule has 0 aromatic carbocycles. The van der Waals surface area contributed by atoms with E-state index in [0.717, 1.165) is 0 Å². The van der Waals surface area contributed by atoms with Gasteiger partial charge in [0, 0.05) is 54.9 Å². The molecule has 35 valence electrons. The largest absolute Gasteiger partial charge is 1.00 e. The fourth-order valence-corrected chi connectivity index (χ4v) is 0. The second kappa shape index (κ2) is 30.2. The molecule has 0 fully saturated rings. The van der Waals surface area contributed by atoms with Gasteiger partial charge in [-0.05, 0) is 0 Å².